The Balaban J connectivity index is 3.82. The summed E-state index contributed by atoms with van der Waals surface area (Å²) in [6, 6.07) is 0. The van der Waals surface area contributed by atoms with Crippen LogP contribution in [0.25, 0.3) is 0 Å². The van der Waals surface area contributed by atoms with Gasteiger partial charge in [0.05, 0.1) is 19.6 Å². The molecule has 3 nitrogen and oxygen atoms in total. The highest BCUT2D eigenvalue weighted by Crippen LogP contribution is 2.22. The van der Waals surface area contributed by atoms with Gasteiger partial charge in [0.15, 0.2) is 0 Å². The van der Waals surface area contributed by atoms with Crippen molar-refractivity contribution < 1.29 is 14.6 Å². The van der Waals surface area contributed by atoms with Gasteiger partial charge in [-0.25, -0.2) is 0 Å². The highest BCUT2D eigenvalue weighted by molar-refractivity contribution is 5.67. The van der Waals surface area contributed by atoms with E-state index in [1.165, 1.54) is 0 Å². The van der Waals surface area contributed by atoms with Gasteiger partial charge >= 0.3 is 5.97 Å². The quantitative estimate of drug-likeness (QED) is 0.745. The van der Waals surface area contributed by atoms with Crippen LogP contribution in [0.1, 0.15) is 41.0 Å². The van der Waals surface area contributed by atoms with Gasteiger partial charge < -0.3 is 9.84 Å². The monoisotopic (exact) mass is 202 g/mol. The van der Waals surface area contributed by atoms with Crippen LogP contribution in [0.4, 0.5) is 0 Å². The molecule has 84 valence electrons. The second-order valence-corrected chi connectivity index (χ2v) is 5.79. The molecule has 3 heteroatoms. The Morgan fingerprint density at radius 2 is 1.64 bits per heavy atom. The van der Waals surface area contributed by atoms with E-state index < -0.39 is 5.97 Å². The number of carbonyl (C=O) groups is 1. The maximum Gasteiger partial charge on any atom is 0.303 e. The van der Waals surface area contributed by atoms with Gasteiger partial charge in [-0.2, -0.15) is 0 Å². The van der Waals surface area contributed by atoms with Crippen LogP contribution in [-0.4, -0.2) is 24.3 Å². The molecule has 0 saturated heterocycles. The van der Waals surface area contributed by atoms with Crippen LogP contribution in [0.3, 0.4) is 0 Å². The summed E-state index contributed by atoms with van der Waals surface area (Å²) < 4.78 is 5.50. The van der Waals surface area contributed by atoms with Gasteiger partial charge in [0, 0.05) is 0 Å². The number of aliphatic carboxylic acids is 1. The van der Waals surface area contributed by atoms with Crippen LogP contribution in [0.15, 0.2) is 0 Å². The second kappa shape index (κ2) is 4.78. The van der Waals surface area contributed by atoms with Crippen molar-refractivity contribution >= 4 is 5.97 Å². The predicted octanol–water partition coefficient (Wildman–Crippen LogP) is 2.55. The Hall–Kier alpha value is -0.570. The average Bonchev–Trinajstić information content (AvgIpc) is 1.78. The summed E-state index contributed by atoms with van der Waals surface area (Å²) in [6.45, 7) is 11.3. The second-order valence-electron chi connectivity index (χ2n) is 5.79. The molecule has 0 aliphatic carbocycles. The number of ether oxygens (including phenoxy) is 1. The standard InChI is InChI=1S/C11H22O3/c1-10(2,3)7-14-8-11(4,5)6-9(12)13/h6-8H2,1-5H3,(H,12,13). The summed E-state index contributed by atoms with van der Waals surface area (Å²) in [5.74, 6) is -0.769. The van der Waals surface area contributed by atoms with E-state index in [1.54, 1.807) is 0 Å². The van der Waals surface area contributed by atoms with Crippen molar-refractivity contribution in [3.8, 4) is 0 Å². The number of carboxylic acids is 1. The fraction of sp³-hybridized carbons (Fsp3) is 0.909. The first-order valence-corrected chi connectivity index (χ1v) is 4.92. The molecule has 0 saturated carbocycles. The van der Waals surface area contributed by atoms with Gasteiger partial charge in [-0.1, -0.05) is 34.6 Å². The van der Waals surface area contributed by atoms with Crippen LogP contribution in [0.2, 0.25) is 0 Å². The molecular weight excluding hydrogens is 180 g/mol. The molecule has 0 amide bonds. The minimum atomic E-state index is -0.769. The third-order valence-electron chi connectivity index (χ3n) is 1.66. The summed E-state index contributed by atoms with van der Waals surface area (Å²) in [5.41, 5.74) is -0.142. The lowest BCUT2D eigenvalue weighted by Crippen LogP contribution is -2.26. The fourth-order valence-electron chi connectivity index (χ4n) is 1.09. The van der Waals surface area contributed by atoms with Crippen molar-refractivity contribution in [2.24, 2.45) is 10.8 Å². The van der Waals surface area contributed by atoms with E-state index in [1.807, 2.05) is 13.8 Å². The third kappa shape index (κ3) is 8.05. The maximum absolute atomic E-state index is 10.5. The average molecular weight is 202 g/mol. The summed E-state index contributed by atoms with van der Waals surface area (Å²) in [4.78, 5) is 10.5. The van der Waals surface area contributed by atoms with Gasteiger partial charge in [0.2, 0.25) is 0 Å². The Morgan fingerprint density at radius 1 is 1.14 bits per heavy atom. The van der Waals surface area contributed by atoms with Gasteiger partial charge in [-0.3, -0.25) is 4.79 Å². The Morgan fingerprint density at radius 3 is 2.00 bits per heavy atom. The molecule has 0 aromatic carbocycles. The first-order chi connectivity index (χ1) is 6.12. The molecule has 14 heavy (non-hydrogen) atoms. The molecule has 0 bridgehead atoms. The highest BCUT2D eigenvalue weighted by Gasteiger charge is 2.23. The molecule has 0 radical (unpaired) electrons. The summed E-state index contributed by atoms with van der Waals surface area (Å²) >= 11 is 0. The molecule has 0 spiro atoms. The van der Waals surface area contributed by atoms with Crippen LogP contribution in [0.5, 0.6) is 0 Å². The lowest BCUT2D eigenvalue weighted by Gasteiger charge is -2.25. The van der Waals surface area contributed by atoms with E-state index in [-0.39, 0.29) is 17.3 Å². The minimum absolute atomic E-state index is 0.138. The fourth-order valence-corrected chi connectivity index (χ4v) is 1.09. The Labute approximate surface area is 86.5 Å². The lowest BCUT2D eigenvalue weighted by atomic mass is 9.90. The molecule has 0 aromatic heterocycles. The van der Waals surface area contributed by atoms with Crippen LogP contribution >= 0.6 is 0 Å². The zero-order valence-electron chi connectivity index (χ0n) is 9.89. The molecule has 0 aliphatic rings. The molecular formula is C11H22O3. The largest absolute Gasteiger partial charge is 0.481 e. The predicted molar refractivity (Wildman–Crippen MR) is 56.3 cm³/mol. The normalized spacial score (nSPS) is 12.9. The van der Waals surface area contributed by atoms with Gasteiger partial charge in [-0.05, 0) is 10.8 Å². The van der Waals surface area contributed by atoms with E-state index in [2.05, 4.69) is 20.8 Å². The first kappa shape index (κ1) is 13.4. The Kier molecular flexibility index (Phi) is 4.59. The molecule has 0 heterocycles. The number of rotatable bonds is 5. The van der Waals surface area contributed by atoms with E-state index >= 15 is 0 Å². The zero-order valence-corrected chi connectivity index (χ0v) is 9.89. The molecule has 0 aliphatic heterocycles. The van der Waals surface area contributed by atoms with Crippen molar-refractivity contribution in [2.75, 3.05) is 13.2 Å². The van der Waals surface area contributed by atoms with Crippen molar-refractivity contribution in [3.63, 3.8) is 0 Å². The van der Waals surface area contributed by atoms with Crippen molar-refractivity contribution in [1.82, 2.24) is 0 Å². The van der Waals surface area contributed by atoms with E-state index in [0.717, 1.165) is 0 Å². The zero-order chi connectivity index (χ0) is 11.4. The third-order valence-corrected chi connectivity index (χ3v) is 1.66. The Bertz CT molecular complexity index is 189. The number of hydrogen-bond donors (Lipinski definition) is 1. The van der Waals surface area contributed by atoms with Crippen molar-refractivity contribution in [3.05, 3.63) is 0 Å². The smallest absolute Gasteiger partial charge is 0.303 e. The maximum atomic E-state index is 10.5. The van der Waals surface area contributed by atoms with E-state index in [4.69, 9.17) is 9.84 Å². The van der Waals surface area contributed by atoms with Gasteiger partial charge in [0.1, 0.15) is 0 Å². The van der Waals surface area contributed by atoms with Gasteiger partial charge in [-0.15, -0.1) is 0 Å². The van der Waals surface area contributed by atoms with E-state index in [0.29, 0.717) is 13.2 Å². The summed E-state index contributed by atoms with van der Waals surface area (Å²) in [5, 5.41) is 8.65. The summed E-state index contributed by atoms with van der Waals surface area (Å²) in [6.07, 6.45) is 0.150. The number of carboxylic acid groups (broad SMARTS) is 1. The van der Waals surface area contributed by atoms with Crippen LogP contribution < -0.4 is 0 Å². The topological polar surface area (TPSA) is 46.5 Å². The molecule has 0 atom stereocenters. The molecule has 0 fully saturated rings. The lowest BCUT2D eigenvalue weighted by molar-refractivity contribution is -0.140. The molecule has 0 rings (SSSR count). The number of hydrogen-bond acceptors (Lipinski definition) is 2. The molecule has 0 unspecified atom stereocenters. The molecule has 1 N–H and O–H groups in total. The van der Waals surface area contributed by atoms with Crippen LogP contribution in [-0.2, 0) is 9.53 Å². The highest BCUT2D eigenvalue weighted by atomic mass is 16.5. The minimum Gasteiger partial charge on any atom is -0.481 e. The van der Waals surface area contributed by atoms with E-state index in [9.17, 15) is 4.79 Å². The van der Waals surface area contributed by atoms with Gasteiger partial charge in [0.25, 0.3) is 0 Å². The SMILES string of the molecule is CC(C)(C)COCC(C)(C)CC(=O)O. The summed E-state index contributed by atoms with van der Waals surface area (Å²) in [7, 11) is 0. The van der Waals surface area contributed by atoms with Crippen molar-refractivity contribution in [1.29, 1.82) is 0 Å². The van der Waals surface area contributed by atoms with Crippen LogP contribution in [0, 0.1) is 10.8 Å². The first-order valence-electron chi connectivity index (χ1n) is 4.92. The van der Waals surface area contributed by atoms with Crippen molar-refractivity contribution in [2.45, 2.75) is 41.0 Å². The molecule has 0 aromatic rings.